The molecule has 0 spiro atoms. The van der Waals surface area contributed by atoms with Crippen LogP contribution in [0.1, 0.15) is 64.5 Å². The van der Waals surface area contributed by atoms with E-state index in [0.717, 1.165) is 6.07 Å². The van der Waals surface area contributed by atoms with E-state index in [1.54, 1.807) is 13.0 Å². The normalized spacial score (nSPS) is 13.6. The lowest BCUT2D eigenvalue weighted by Crippen LogP contribution is -2.24. The number of ketones is 2. The Kier molecular flexibility index (Phi) is 4.60. The molecule has 0 aromatic heterocycles. The Bertz CT molecular complexity index is 1550. The van der Waals surface area contributed by atoms with E-state index in [1.165, 1.54) is 14.0 Å². The topological polar surface area (TPSA) is 162 Å². The molecule has 2 aliphatic rings. The lowest BCUT2D eigenvalue weighted by atomic mass is 9.75. The number of hydrogen-bond donors (Lipinski definition) is 5. The average Bonchev–Trinajstić information content (AvgIpc) is 2.80. The summed E-state index contributed by atoms with van der Waals surface area (Å²) in [6, 6.07) is 2.66. The maximum Gasteiger partial charge on any atom is 0.339 e. The van der Waals surface area contributed by atoms with Gasteiger partial charge in [0.1, 0.15) is 34.3 Å². The van der Waals surface area contributed by atoms with Crippen LogP contribution < -0.4 is 4.74 Å². The predicted octanol–water partition coefficient (Wildman–Crippen LogP) is 3.37. The Hall–Kier alpha value is -4.53. The molecule has 178 valence electrons. The standard InChI is InChI=1S/C26H20O9/c1-8-6-10-4-5-11-16(15(10)22(30)14(8)26(33)34)23(31)18-19(25(11)35-3)24(32)17-12(21(18)29)7-13(27)9(2)20(17)28/h6-7,27-28,30-31H,4-5H2,1-3H3,(H,33,34). The zero-order valence-corrected chi connectivity index (χ0v) is 18.9. The molecule has 0 aliphatic heterocycles. The zero-order chi connectivity index (χ0) is 25.5. The minimum absolute atomic E-state index is 0.00649. The molecule has 35 heavy (non-hydrogen) atoms. The van der Waals surface area contributed by atoms with Gasteiger partial charge in [0.05, 0.1) is 23.8 Å². The molecule has 0 unspecified atom stereocenters. The second kappa shape index (κ2) is 7.23. The number of ether oxygens (including phenoxy) is 1. The molecule has 0 amide bonds. The summed E-state index contributed by atoms with van der Waals surface area (Å²) >= 11 is 0. The highest BCUT2D eigenvalue weighted by atomic mass is 16.5. The van der Waals surface area contributed by atoms with Gasteiger partial charge in [-0.3, -0.25) is 9.59 Å². The van der Waals surface area contributed by atoms with Gasteiger partial charge < -0.3 is 30.3 Å². The highest BCUT2D eigenvalue weighted by molar-refractivity contribution is 6.32. The van der Waals surface area contributed by atoms with Crippen molar-refractivity contribution >= 4 is 17.5 Å². The fourth-order valence-corrected chi connectivity index (χ4v) is 5.23. The van der Waals surface area contributed by atoms with Crippen LogP contribution in [0.15, 0.2) is 12.1 Å². The molecule has 0 heterocycles. The third kappa shape index (κ3) is 2.72. The maximum absolute atomic E-state index is 13.5. The van der Waals surface area contributed by atoms with Crippen molar-refractivity contribution in [2.75, 3.05) is 7.11 Å². The first-order chi connectivity index (χ1) is 16.5. The van der Waals surface area contributed by atoms with Crippen LogP contribution in [0.2, 0.25) is 0 Å². The summed E-state index contributed by atoms with van der Waals surface area (Å²) in [7, 11) is 1.29. The van der Waals surface area contributed by atoms with Crippen LogP contribution in [0.3, 0.4) is 0 Å². The summed E-state index contributed by atoms with van der Waals surface area (Å²) in [6.45, 7) is 2.94. The Labute approximate surface area is 198 Å². The van der Waals surface area contributed by atoms with Gasteiger partial charge in [0.2, 0.25) is 5.78 Å². The highest BCUT2D eigenvalue weighted by Crippen LogP contribution is 2.54. The van der Waals surface area contributed by atoms with E-state index in [1.807, 2.05) is 0 Å². The summed E-state index contributed by atoms with van der Waals surface area (Å²) in [4.78, 5) is 38.9. The molecule has 0 saturated carbocycles. The Balaban J connectivity index is 1.92. The van der Waals surface area contributed by atoms with Gasteiger partial charge >= 0.3 is 5.97 Å². The van der Waals surface area contributed by atoms with Gasteiger partial charge in [0.25, 0.3) is 0 Å². The summed E-state index contributed by atoms with van der Waals surface area (Å²) in [5.74, 6) is -5.10. The molecule has 9 heteroatoms. The first kappa shape index (κ1) is 22.3. The van der Waals surface area contributed by atoms with E-state index in [4.69, 9.17) is 4.74 Å². The molecule has 0 bridgehead atoms. The number of aromatic carboxylic acids is 1. The van der Waals surface area contributed by atoms with E-state index in [0.29, 0.717) is 23.1 Å². The number of carbonyl (C=O) groups is 3. The van der Waals surface area contributed by atoms with E-state index in [-0.39, 0.29) is 51.1 Å². The quantitative estimate of drug-likeness (QED) is 0.292. The molecule has 5 rings (SSSR count). The van der Waals surface area contributed by atoms with Crippen molar-refractivity contribution in [1.82, 2.24) is 0 Å². The van der Waals surface area contributed by atoms with Crippen LogP contribution in [0.25, 0.3) is 11.1 Å². The smallest absolute Gasteiger partial charge is 0.339 e. The minimum atomic E-state index is -1.36. The number of phenols is 4. The second-order valence-electron chi connectivity index (χ2n) is 8.69. The third-order valence-electron chi connectivity index (χ3n) is 6.87. The third-order valence-corrected chi connectivity index (χ3v) is 6.87. The van der Waals surface area contributed by atoms with E-state index in [9.17, 15) is 39.9 Å². The number of aromatic hydroxyl groups is 4. The van der Waals surface area contributed by atoms with Gasteiger partial charge in [-0.1, -0.05) is 6.07 Å². The molecular weight excluding hydrogens is 456 g/mol. The number of fused-ring (bicyclic) bond motifs is 5. The van der Waals surface area contributed by atoms with Crippen molar-refractivity contribution in [3.63, 3.8) is 0 Å². The number of methoxy groups -OCH3 is 1. The molecule has 9 nitrogen and oxygen atoms in total. The van der Waals surface area contributed by atoms with Crippen LogP contribution in [-0.2, 0) is 12.8 Å². The van der Waals surface area contributed by atoms with Crippen LogP contribution in [-0.4, -0.2) is 50.2 Å². The van der Waals surface area contributed by atoms with Gasteiger partial charge in [-0.05, 0) is 43.9 Å². The highest BCUT2D eigenvalue weighted by Gasteiger charge is 2.42. The van der Waals surface area contributed by atoms with Gasteiger partial charge in [-0.25, -0.2) is 4.79 Å². The number of benzene rings is 3. The molecule has 5 N–H and O–H groups in total. The van der Waals surface area contributed by atoms with Gasteiger partial charge in [0.15, 0.2) is 5.78 Å². The molecular formula is C26H20O9. The molecule has 2 aliphatic carbocycles. The first-order valence-electron chi connectivity index (χ1n) is 10.7. The number of carbonyl (C=O) groups excluding carboxylic acids is 2. The van der Waals surface area contributed by atoms with Crippen molar-refractivity contribution in [2.24, 2.45) is 0 Å². The van der Waals surface area contributed by atoms with E-state index < -0.39 is 46.1 Å². The molecule has 0 fully saturated rings. The summed E-state index contributed by atoms with van der Waals surface area (Å²) in [5.41, 5.74) is -0.295. The van der Waals surface area contributed by atoms with Crippen molar-refractivity contribution in [1.29, 1.82) is 0 Å². The van der Waals surface area contributed by atoms with Crippen molar-refractivity contribution < 1.29 is 44.7 Å². The Morgan fingerprint density at radius 2 is 1.51 bits per heavy atom. The molecule has 0 radical (unpaired) electrons. The lowest BCUT2D eigenvalue weighted by Gasteiger charge is -2.30. The Morgan fingerprint density at radius 1 is 0.829 bits per heavy atom. The molecule has 3 aromatic carbocycles. The van der Waals surface area contributed by atoms with Crippen LogP contribution >= 0.6 is 0 Å². The average molecular weight is 476 g/mol. The maximum atomic E-state index is 13.5. The van der Waals surface area contributed by atoms with E-state index in [2.05, 4.69) is 0 Å². The second-order valence-corrected chi connectivity index (χ2v) is 8.69. The summed E-state index contributed by atoms with van der Waals surface area (Å²) in [5, 5.41) is 52.6. The molecule has 0 saturated heterocycles. The van der Waals surface area contributed by atoms with Crippen LogP contribution in [0.5, 0.6) is 28.7 Å². The van der Waals surface area contributed by atoms with Gasteiger partial charge in [0, 0.05) is 27.8 Å². The zero-order valence-electron chi connectivity index (χ0n) is 18.9. The molecule has 3 aromatic rings. The lowest BCUT2D eigenvalue weighted by molar-refractivity contribution is 0.0692. The predicted molar refractivity (Wildman–Crippen MR) is 122 cm³/mol. The van der Waals surface area contributed by atoms with Crippen molar-refractivity contribution in [3.8, 4) is 39.9 Å². The van der Waals surface area contributed by atoms with Crippen LogP contribution in [0.4, 0.5) is 0 Å². The number of hydrogen-bond acceptors (Lipinski definition) is 8. The monoisotopic (exact) mass is 476 g/mol. The SMILES string of the molecule is COc1c2c(c(O)c3c1C(=O)c1c(cc(O)c(C)c1O)C3=O)-c1c(cc(C)c(C(=O)O)c1O)CC2. The minimum Gasteiger partial charge on any atom is -0.508 e. The fraction of sp³-hybridized carbons (Fsp3) is 0.192. The number of rotatable bonds is 2. The van der Waals surface area contributed by atoms with Gasteiger partial charge in [-0.15, -0.1) is 0 Å². The van der Waals surface area contributed by atoms with E-state index >= 15 is 0 Å². The largest absolute Gasteiger partial charge is 0.508 e. The first-order valence-corrected chi connectivity index (χ1v) is 10.7. The number of aryl methyl sites for hydroxylation is 2. The van der Waals surface area contributed by atoms with Crippen molar-refractivity contribution in [3.05, 3.63) is 62.2 Å². The van der Waals surface area contributed by atoms with Crippen molar-refractivity contribution in [2.45, 2.75) is 26.7 Å². The summed E-state index contributed by atoms with van der Waals surface area (Å²) < 4.78 is 5.54. The fourth-order valence-electron chi connectivity index (χ4n) is 5.23. The number of carboxylic acids is 1. The van der Waals surface area contributed by atoms with Crippen LogP contribution in [0, 0.1) is 13.8 Å². The molecule has 0 atom stereocenters. The number of phenolic OH excluding ortho intramolecular Hbond substituents is 3. The number of carboxylic acid groups (broad SMARTS) is 1. The summed E-state index contributed by atoms with van der Waals surface area (Å²) in [6.07, 6.45) is 0.620. The Morgan fingerprint density at radius 3 is 2.14 bits per heavy atom. The van der Waals surface area contributed by atoms with Gasteiger partial charge in [-0.2, -0.15) is 0 Å².